The van der Waals surface area contributed by atoms with Crippen molar-refractivity contribution >= 4 is 16.9 Å². The van der Waals surface area contributed by atoms with Crippen molar-refractivity contribution in [3.8, 4) is 11.1 Å². The summed E-state index contributed by atoms with van der Waals surface area (Å²) in [5.41, 5.74) is 10.5. The van der Waals surface area contributed by atoms with Crippen LogP contribution in [0, 0.1) is 11.6 Å². The number of aliphatic hydroxyl groups is 2. The van der Waals surface area contributed by atoms with Gasteiger partial charge in [-0.3, -0.25) is 4.90 Å². The summed E-state index contributed by atoms with van der Waals surface area (Å²) in [6.45, 7) is 0.980. The van der Waals surface area contributed by atoms with Gasteiger partial charge in [-0.25, -0.2) is 18.7 Å². The second-order valence-corrected chi connectivity index (χ2v) is 8.45. The van der Waals surface area contributed by atoms with E-state index in [4.69, 9.17) is 15.6 Å². The predicted octanol–water partition coefficient (Wildman–Crippen LogP) is 3.67. The molecule has 0 aliphatic carbocycles. The van der Waals surface area contributed by atoms with Crippen LogP contribution in [0.1, 0.15) is 28.6 Å². The average molecular weight is 478 g/mol. The van der Waals surface area contributed by atoms with Crippen molar-refractivity contribution in [2.75, 3.05) is 18.9 Å². The van der Waals surface area contributed by atoms with Gasteiger partial charge in [0.2, 0.25) is 5.95 Å². The third kappa shape index (κ3) is 4.59. The first kappa shape index (κ1) is 23.3. The van der Waals surface area contributed by atoms with Crippen LogP contribution in [0.4, 0.5) is 14.7 Å². The second kappa shape index (κ2) is 9.63. The van der Waals surface area contributed by atoms with Crippen molar-refractivity contribution in [2.24, 2.45) is 0 Å². The Morgan fingerprint density at radius 3 is 2.43 bits per heavy atom. The van der Waals surface area contributed by atoms with Crippen molar-refractivity contribution in [3.05, 3.63) is 88.6 Å². The van der Waals surface area contributed by atoms with Crippen molar-refractivity contribution < 1.29 is 23.7 Å². The average Bonchev–Trinajstić information content (AvgIpc) is 3.29. The Labute approximate surface area is 200 Å². The zero-order valence-electron chi connectivity index (χ0n) is 18.8. The number of nitrogen functional groups attached to an aromatic ring is 1. The summed E-state index contributed by atoms with van der Waals surface area (Å²) in [7, 11) is 0. The standard InChI is InChI=1S/C26H24F2N4O3/c27-21-10-18(14-35-8-7-33)19(11-22(21)28)15-5-6-23-20(9-15)24(31-26(29)30-23)25(34)32-12-16-3-1-2-4-17(16)13-32/h1-6,9-11,25,33-34H,7-8,12-14H2,(H2,29,30,31). The number of aliphatic hydroxyl groups excluding tert-OH is 2. The number of anilines is 1. The minimum atomic E-state index is -1.05. The van der Waals surface area contributed by atoms with E-state index in [2.05, 4.69) is 9.97 Å². The molecule has 0 spiro atoms. The van der Waals surface area contributed by atoms with Crippen LogP contribution in [0.15, 0.2) is 54.6 Å². The minimum Gasteiger partial charge on any atom is -0.394 e. The summed E-state index contributed by atoms with van der Waals surface area (Å²) >= 11 is 0. The van der Waals surface area contributed by atoms with Crippen LogP contribution < -0.4 is 5.73 Å². The van der Waals surface area contributed by atoms with E-state index >= 15 is 0 Å². The molecular weight excluding hydrogens is 454 g/mol. The van der Waals surface area contributed by atoms with E-state index in [1.807, 2.05) is 29.2 Å². The van der Waals surface area contributed by atoms with Gasteiger partial charge in [-0.15, -0.1) is 0 Å². The summed E-state index contributed by atoms with van der Waals surface area (Å²) in [5.74, 6) is -1.95. The van der Waals surface area contributed by atoms with E-state index in [1.165, 1.54) is 0 Å². The van der Waals surface area contributed by atoms with Gasteiger partial charge < -0.3 is 20.7 Å². The Morgan fingerprint density at radius 1 is 1.00 bits per heavy atom. The van der Waals surface area contributed by atoms with Gasteiger partial charge in [0, 0.05) is 18.5 Å². The lowest BCUT2D eigenvalue weighted by molar-refractivity contribution is -0.00372. The fraction of sp³-hybridized carbons (Fsp3) is 0.231. The SMILES string of the molecule is Nc1nc(C(O)N2Cc3ccccc3C2)c2cc(-c3cc(F)c(F)cc3COCCO)ccc2n1. The molecule has 5 rings (SSSR count). The van der Waals surface area contributed by atoms with Gasteiger partial charge in [0.05, 0.1) is 31.0 Å². The normalized spacial score (nSPS) is 14.4. The number of ether oxygens (including phenoxy) is 1. The van der Waals surface area contributed by atoms with Gasteiger partial charge in [-0.05, 0) is 52.1 Å². The van der Waals surface area contributed by atoms with Gasteiger partial charge in [-0.1, -0.05) is 30.3 Å². The first-order valence-electron chi connectivity index (χ1n) is 11.2. The van der Waals surface area contributed by atoms with E-state index in [1.54, 1.807) is 18.2 Å². The van der Waals surface area contributed by atoms with E-state index in [0.717, 1.165) is 23.3 Å². The predicted molar refractivity (Wildman–Crippen MR) is 127 cm³/mol. The van der Waals surface area contributed by atoms with Gasteiger partial charge in [0.1, 0.15) is 0 Å². The van der Waals surface area contributed by atoms with Crippen molar-refractivity contribution in [3.63, 3.8) is 0 Å². The molecule has 2 heterocycles. The topological polar surface area (TPSA) is 105 Å². The zero-order valence-corrected chi connectivity index (χ0v) is 18.8. The summed E-state index contributed by atoms with van der Waals surface area (Å²) in [6.07, 6.45) is -1.05. The molecule has 9 heteroatoms. The number of halogens is 2. The molecular formula is C26H24F2N4O3. The largest absolute Gasteiger partial charge is 0.394 e. The van der Waals surface area contributed by atoms with Gasteiger partial charge >= 0.3 is 0 Å². The third-order valence-electron chi connectivity index (χ3n) is 6.15. The highest BCUT2D eigenvalue weighted by molar-refractivity contribution is 5.87. The van der Waals surface area contributed by atoms with Crippen LogP contribution in [-0.4, -0.2) is 38.3 Å². The molecule has 0 bridgehead atoms. The number of rotatable bonds is 7. The van der Waals surface area contributed by atoms with E-state index in [9.17, 15) is 13.9 Å². The van der Waals surface area contributed by atoms with Crippen molar-refractivity contribution in [2.45, 2.75) is 25.9 Å². The number of benzene rings is 3. The Bertz CT molecular complexity index is 1370. The maximum Gasteiger partial charge on any atom is 0.220 e. The smallest absolute Gasteiger partial charge is 0.220 e. The molecule has 7 nitrogen and oxygen atoms in total. The molecule has 0 saturated carbocycles. The maximum atomic E-state index is 14.2. The van der Waals surface area contributed by atoms with Crippen molar-refractivity contribution in [1.29, 1.82) is 0 Å². The fourth-order valence-electron chi connectivity index (χ4n) is 4.46. The molecule has 1 aromatic heterocycles. The molecule has 0 radical (unpaired) electrons. The van der Waals surface area contributed by atoms with Crippen LogP contribution in [0.25, 0.3) is 22.0 Å². The number of aromatic nitrogens is 2. The Hall–Kier alpha value is -3.50. The van der Waals surface area contributed by atoms with Gasteiger partial charge in [0.15, 0.2) is 17.9 Å². The quantitative estimate of drug-likeness (QED) is 0.348. The lowest BCUT2D eigenvalue weighted by Gasteiger charge is -2.23. The van der Waals surface area contributed by atoms with Crippen molar-refractivity contribution in [1.82, 2.24) is 14.9 Å². The molecule has 180 valence electrons. The van der Waals surface area contributed by atoms with Crippen LogP contribution in [-0.2, 0) is 24.4 Å². The molecule has 4 aromatic rings. The highest BCUT2D eigenvalue weighted by Gasteiger charge is 2.28. The summed E-state index contributed by atoms with van der Waals surface area (Å²) < 4.78 is 33.5. The lowest BCUT2D eigenvalue weighted by atomic mass is 9.97. The monoisotopic (exact) mass is 478 g/mol. The zero-order chi connectivity index (χ0) is 24.5. The Kier molecular flexibility index (Phi) is 6.40. The van der Waals surface area contributed by atoms with E-state index in [-0.39, 0.29) is 25.8 Å². The van der Waals surface area contributed by atoms with Crippen LogP contribution in [0.5, 0.6) is 0 Å². The lowest BCUT2D eigenvalue weighted by Crippen LogP contribution is -2.24. The highest BCUT2D eigenvalue weighted by Crippen LogP contribution is 2.35. The third-order valence-corrected chi connectivity index (χ3v) is 6.15. The summed E-state index contributed by atoms with van der Waals surface area (Å²) in [4.78, 5) is 10.5. The van der Waals surface area contributed by atoms with Gasteiger partial charge in [-0.2, -0.15) is 0 Å². The first-order chi connectivity index (χ1) is 16.9. The van der Waals surface area contributed by atoms with E-state index < -0.39 is 17.9 Å². The molecule has 0 amide bonds. The molecule has 35 heavy (non-hydrogen) atoms. The van der Waals surface area contributed by atoms with Crippen LogP contribution in [0.3, 0.4) is 0 Å². The molecule has 1 unspecified atom stereocenters. The second-order valence-electron chi connectivity index (χ2n) is 8.45. The van der Waals surface area contributed by atoms with Crippen LogP contribution >= 0.6 is 0 Å². The van der Waals surface area contributed by atoms with E-state index in [0.29, 0.717) is 46.4 Å². The fourth-order valence-corrected chi connectivity index (χ4v) is 4.46. The highest BCUT2D eigenvalue weighted by atomic mass is 19.2. The number of nitrogens with two attached hydrogens (primary N) is 1. The number of fused-ring (bicyclic) bond motifs is 2. The number of hydrogen-bond acceptors (Lipinski definition) is 7. The molecule has 1 aliphatic heterocycles. The van der Waals surface area contributed by atoms with Gasteiger partial charge in [0.25, 0.3) is 0 Å². The Balaban J connectivity index is 1.56. The molecule has 3 aromatic carbocycles. The maximum absolute atomic E-state index is 14.2. The molecule has 0 fully saturated rings. The molecule has 4 N–H and O–H groups in total. The molecule has 1 atom stereocenters. The van der Waals surface area contributed by atoms with Crippen LogP contribution in [0.2, 0.25) is 0 Å². The number of nitrogens with zero attached hydrogens (tertiary/aromatic N) is 3. The Morgan fingerprint density at radius 2 is 1.71 bits per heavy atom. The first-order valence-corrected chi connectivity index (χ1v) is 11.2. The summed E-state index contributed by atoms with van der Waals surface area (Å²) in [5, 5.41) is 20.8. The minimum absolute atomic E-state index is 0.00904. The molecule has 0 saturated heterocycles. The molecule has 1 aliphatic rings. The number of hydrogen-bond donors (Lipinski definition) is 3. The summed E-state index contributed by atoms with van der Waals surface area (Å²) in [6, 6.07) is 15.3.